The molecule has 2 heterocycles. The summed E-state index contributed by atoms with van der Waals surface area (Å²) < 4.78 is 0. The van der Waals surface area contributed by atoms with Crippen molar-refractivity contribution >= 4 is 29.1 Å². The number of rotatable bonds is 4. The molecule has 0 aromatic carbocycles. The largest absolute Gasteiger partial charge is 0.338 e. The Bertz CT molecular complexity index is 726. The van der Waals surface area contributed by atoms with Crippen LogP contribution in [0.2, 0.25) is 0 Å². The van der Waals surface area contributed by atoms with E-state index < -0.39 is 0 Å². The molecule has 0 N–H and O–H groups in total. The second-order valence-electron chi connectivity index (χ2n) is 6.87. The summed E-state index contributed by atoms with van der Waals surface area (Å²) in [5, 5.41) is 2.87. The van der Waals surface area contributed by atoms with Crippen LogP contribution in [0.4, 0.5) is 0 Å². The minimum Gasteiger partial charge on any atom is -0.338 e. The number of imide groups is 1. The average Bonchev–Trinajstić information content (AvgIpc) is 3.29. The van der Waals surface area contributed by atoms with E-state index in [0.717, 1.165) is 17.1 Å². The van der Waals surface area contributed by atoms with Crippen molar-refractivity contribution in [3.8, 4) is 0 Å². The van der Waals surface area contributed by atoms with E-state index >= 15 is 0 Å². The van der Waals surface area contributed by atoms with Crippen molar-refractivity contribution in [3.05, 3.63) is 28.2 Å². The fourth-order valence-electron chi connectivity index (χ4n) is 4.19. The number of likely N-dealkylation sites (N-methyl/N-ethyl adjacent to an activating group) is 1. The highest BCUT2D eigenvalue weighted by atomic mass is 32.1. The molecule has 1 aromatic rings. The third kappa shape index (κ3) is 2.30. The Morgan fingerprint density at radius 3 is 2.46 bits per heavy atom. The van der Waals surface area contributed by atoms with E-state index in [0.29, 0.717) is 6.54 Å². The van der Waals surface area contributed by atoms with Crippen LogP contribution in [-0.4, -0.2) is 46.1 Å². The van der Waals surface area contributed by atoms with Gasteiger partial charge in [-0.25, -0.2) is 4.98 Å². The van der Waals surface area contributed by atoms with Gasteiger partial charge in [0.25, 0.3) is 0 Å². The molecule has 3 aliphatic rings. The van der Waals surface area contributed by atoms with Crippen LogP contribution in [0.25, 0.3) is 0 Å². The lowest BCUT2D eigenvalue weighted by atomic mass is 9.85. The Balaban J connectivity index is 1.43. The van der Waals surface area contributed by atoms with Crippen LogP contribution in [0.15, 0.2) is 17.5 Å². The van der Waals surface area contributed by atoms with Gasteiger partial charge in [0.1, 0.15) is 6.54 Å². The Morgan fingerprint density at radius 1 is 1.29 bits per heavy atom. The van der Waals surface area contributed by atoms with Crippen molar-refractivity contribution in [1.82, 2.24) is 14.8 Å². The van der Waals surface area contributed by atoms with Crippen LogP contribution in [0.1, 0.15) is 17.1 Å². The molecule has 2 aliphatic carbocycles. The van der Waals surface area contributed by atoms with Crippen molar-refractivity contribution < 1.29 is 14.4 Å². The molecule has 126 valence electrons. The molecule has 0 radical (unpaired) electrons. The lowest BCUT2D eigenvalue weighted by Crippen LogP contribution is -2.42. The van der Waals surface area contributed by atoms with Gasteiger partial charge < -0.3 is 4.90 Å². The molecule has 7 heteroatoms. The molecule has 2 bridgehead atoms. The van der Waals surface area contributed by atoms with Crippen molar-refractivity contribution in [2.45, 2.75) is 19.9 Å². The predicted octanol–water partition coefficient (Wildman–Crippen LogP) is 1.22. The van der Waals surface area contributed by atoms with Gasteiger partial charge in [0, 0.05) is 12.4 Å². The summed E-state index contributed by atoms with van der Waals surface area (Å²) in [6.07, 6.45) is 5.01. The number of hydrogen-bond acceptors (Lipinski definition) is 5. The summed E-state index contributed by atoms with van der Waals surface area (Å²) in [6.45, 7) is 2.14. The summed E-state index contributed by atoms with van der Waals surface area (Å²) in [4.78, 5) is 44.7. The van der Waals surface area contributed by atoms with E-state index in [1.807, 2.05) is 12.3 Å². The molecule has 0 spiro atoms. The number of carbonyl (C=O) groups excluding carboxylic acids is 3. The van der Waals surface area contributed by atoms with E-state index in [-0.39, 0.29) is 47.9 Å². The molecule has 1 saturated heterocycles. The Hall–Kier alpha value is -2.02. The predicted molar refractivity (Wildman–Crippen MR) is 87.8 cm³/mol. The quantitative estimate of drug-likeness (QED) is 0.608. The zero-order chi connectivity index (χ0) is 17.0. The molecule has 6 nitrogen and oxygen atoms in total. The summed E-state index contributed by atoms with van der Waals surface area (Å²) in [5.74, 6) is -0.720. The molecule has 3 amide bonds. The molecular weight excluding hydrogens is 326 g/mol. The fourth-order valence-corrected chi connectivity index (χ4v) is 4.79. The first kappa shape index (κ1) is 15.5. The highest BCUT2D eigenvalue weighted by Crippen LogP contribution is 2.52. The van der Waals surface area contributed by atoms with Crippen LogP contribution < -0.4 is 0 Å². The lowest BCUT2D eigenvalue weighted by Gasteiger charge is -2.21. The smallest absolute Gasteiger partial charge is 0.242 e. The number of hydrogen-bond donors (Lipinski definition) is 0. The number of carbonyl (C=O) groups is 3. The molecule has 1 aromatic heterocycles. The van der Waals surface area contributed by atoms with Gasteiger partial charge >= 0.3 is 0 Å². The van der Waals surface area contributed by atoms with Gasteiger partial charge in [-0.15, -0.1) is 11.3 Å². The normalized spacial score (nSPS) is 30.3. The minimum absolute atomic E-state index is 0.163. The van der Waals surface area contributed by atoms with Gasteiger partial charge in [-0.2, -0.15) is 0 Å². The third-order valence-corrected chi connectivity index (χ3v) is 6.17. The Labute approximate surface area is 144 Å². The summed E-state index contributed by atoms with van der Waals surface area (Å²) in [6, 6.07) is 0. The van der Waals surface area contributed by atoms with E-state index in [2.05, 4.69) is 17.1 Å². The molecule has 1 saturated carbocycles. The zero-order valence-electron chi connectivity index (χ0n) is 13.6. The highest BCUT2D eigenvalue weighted by molar-refractivity contribution is 7.09. The number of allylic oxidation sites excluding steroid dienone is 2. The second kappa shape index (κ2) is 5.51. The second-order valence-corrected chi connectivity index (χ2v) is 7.93. The first-order valence-electron chi connectivity index (χ1n) is 8.14. The first-order valence-corrected chi connectivity index (χ1v) is 9.02. The van der Waals surface area contributed by atoms with Gasteiger partial charge in [-0.1, -0.05) is 12.2 Å². The molecule has 4 atom stereocenters. The molecule has 4 rings (SSSR count). The van der Waals surface area contributed by atoms with E-state index in [1.54, 1.807) is 7.05 Å². The van der Waals surface area contributed by atoms with Crippen molar-refractivity contribution in [2.75, 3.05) is 13.6 Å². The number of nitrogens with zero attached hydrogens (tertiary/aromatic N) is 3. The number of thiazole rings is 1. The molecule has 0 unspecified atom stereocenters. The van der Waals surface area contributed by atoms with E-state index in [9.17, 15) is 14.4 Å². The van der Waals surface area contributed by atoms with E-state index in [1.165, 1.54) is 21.1 Å². The van der Waals surface area contributed by atoms with Gasteiger partial charge in [0.05, 0.1) is 29.1 Å². The van der Waals surface area contributed by atoms with Gasteiger partial charge in [0.15, 0.2) is 0 Å². The number of fused-ring (bicyclic) bond motifs is 5. The number of aryl methyl sites for hydroxylation is 1. The van der Waals surface area contributed by atoms with Crippen molar-refractivity contribution in [1.29, 1.82) is 0 Å². The maximum atomic E-state index is 12.6. The maximum Gasteiger partial charge on any atom is 0.242 e. The monoisotopic (exact) mass is 345 g/mol. The molecule has 1 aliphatic heterocycles. The van der Waals surface area contributed by atoms with Gasteiger partial charge in [-0.05, 0) is 25.2 Å². The maximum absolute atomic E-state index is 12.6. The van der Waals surface area contributed by atoms with Crippen LogP contribution in [0.3, 0.4) is 0 Å². The van der Waals surface area contributed by atoms with Crippen LogP contribution in [-0.2, 0) is 20.9 Å². The topological polar surface area (TPSA) is 70.6 Å². The molecule has 24 heavy (non-hydrogen) atoms. The first-order chi connectivity index (χ1) is 11.5. The zero-order valence-corrected chi connectivity index (χ0v) is 14.5. The summed E-state index contributed by atoms with van der Waals surface area (Å²) in [7, 11) is 1.67. The minimum atomic E-state index is -0.244. The highest BCUT2D eigenvalue weighted by Gasteiger charge is 2.59. The van der Waals surface area contributed by atoms with Crippen molar-refractivity contribution in [2.24, 2.45) is 23.7 Å². The molecular formula is C17H19N3O3S. The van der Waals surface area contributed by atoms with E-state index in [4.69, 9.17) is 0 Å². The fraction of sp³-hybridized carbons (Fsp3) is 0.529. The Kier molecular flexibility index (Phi) is 3.56. The van der Waals surface area contributed by atoms with Gasteiger partial charge in [-0.3, -0.25) is 19.3 Å². The van der Waals surface area contributed by atoms with Crippen LogP contribution >= 0.6 is 11.3 Å². The lowest BCUT2D eigenvalue weighted by molar-refractivity contribution is -0.146. The number of likely N-dealkylation sites (tertiary alicyclic amines) is 1. The van der Waals surface area contributed by atoms with Crippen LogP contribution in [0, 0.1) is 30.6 Å². The Morgan fingerprint density at radius 2 is 1.92 bits per heavy atom. The average molecular weight is 345 g/mol. The molecule has 2 fully saturated rings. The van der Waals surface area contributed by atoms with Crippen LogP contribution in [0.5, 0.6) is 0 Å². The number of aromatic nitrogens is 1. The summed E-state index contributed by atoms with van der Waals surface area (Å²) in [5.41, 5.74) is 0.825. The van der Waals surface area contributed by atoms with Gasteiger partial charge in [0.2, 0.25) is 17.7 Å². The summed E-state index contributed by atoms with van der Waals surface area (Å²) >= 11 is 1.54. The standard InChI is InChI=1S/C17H19N3O3S/c1-9-18-12(8-24-9)6-19(2)13(21)7-20-16(22)14-10-3-4-11(5-10)15(14)17(20)23/h3-4,8,10-11,14-15H,5-7H2,1-2H3/t10-,11-,14+,15+/m0/s1. The SMILES string of the molecule is Cc1nc(CN(C)C(=O)CN2C(=O)[C@H]3[C@H](C2=O)[C@H]2C=C[C@H]3C2)cs1. The third-order valence-electron chi connectivity index (χ3n) is 5.35. The number of amides is 3. The van der Waals surface area contributed by atoms with Crippen molar-refractivity contribution in [3.63, 3.8) is 0 Å².